The molecule has 1 fully saturated rings. The predicted octanol–water partition coefficient (Wildman–Crippen LogP) is 0.221. The smallest absolute Gasteiger partial charge is 0.328 e. The second-order valence-corrected chi connectivity index (χ2v) is 8.67. The summed E-state index contributed by atoms with van der Waals surface area (Å²) in [5, 5.41) is 2.60. The van der Waals surface area contributed by atoms with Crippen molar-refractivity contribution in [3.63, 3.8) is 0 Å². The van der Waals surface area contributed by atoms with E-state index in [9.17, 15) is 18.0 Å². The Labute approximate surface area is 123 Å². The van der Waals surface area contributed by atoms with Crippen LogP contribution in [0, 0.1) is 5.92 Å². The van der Waals surface area contributed by atoms with Crippen molar-refractivity contribution in [1.82, 2.24) is 5.32 Å². The number of hydrogen-bond donors (Lipinski definition) is 1. The molecule has 0 aromatic rings. The second kappa shape index (κ2) is 7.31. The summed E-state index contributed by atoms with van der Waals surface area (Å²) in [4.78, 5) is 23.3. The third-order valence-electron chi connectivity index (χ3n) is 3.08. The molecule has 20 heavy (non-hydrogen) atoms. The predicted molar refractivity (Wildman–Crippen MR) is 78.3 cm³/mol. The first-order valence-corrected chi connectivity index (χ1v) is 9.31. The highest BCUT2D eigenvalue weighted by Crippen LogP contribution is 2.24. The molecule has 2 unspecified atom stereocenters. The quantitative estimate of drug-likeness (QED) is 0.703. The average Bonchev–Trinajstić information content (AvgIpc) is 2.72. The van der Waals surface area contributed by atoms with Crippen LogP contribution in [0.4, 0.5) is 0 Å². The van der Waals surface area contributed by atoms with Crippen LogP contribution in [0.2, 0.25) is 0 Å². The molecular weight excluding hydrogens is 302 g/mol. The fourth-order valence-electron chi connectivity index (χ4n) is 1.93. The highest BCUT2D eigenvalue weighted by Gasteiger charge is 2.29. The Kier molecular flexibility index (Phi) is 6.32. The third kappa shape index (κ3) is 5.32. The van der Waals surface area contributed by atoms with E-state index in [4.69, 9.17) is 0 Å². The van der Waals surface area contributed by atoms with Gasteiger partial charge >= 0.3 is 5.97 Å². The summed E-state index contributed by atoms with van der Waals surface area (Å²) in [7, 11) is -1.64. The largest absolute Gasteiger partial charge is 0.467 e. The van der Waals surface area contributed by atoms with Gasteiger partial charge in [-0.1, -0.05) is 13.8 Å². The van der Waals surface area contributed by atoms with Gasteiger partial charge in [-0.15, -0.1) is 11.8 Å². The fraction of sp³-hybridized carbons (Fsp3) is 0.833. The van der Waals surface area contributed by atoms with Crippen molar-refractivity contribution in [2.24, 2.45) is 5.92 Å². The van der Waals surface area contributed by atoms with Gasteiger partial charge in [0.15, 0.2) is 9.84 Å². The zero-order valence-corrected chi connectivity index (χ0v) is 13.6. The molecule has 8 heteroatoms. The van der Waals surface area contributed by atoms with Crippen molar-refractivity contribution in [2.75, 3.05) is 24.4 Å². The van der Waals surface area contributed by atoms with Crippen LogP contribution in [0.3, 0.4) is 0 Å². The number of esters is 1. The SMILES string of the molecule is COC(=O)C(NC(=O)CSC1CCS(=O)(=O)C1)C(C)C. The van der Waals surface area contributed by atoms with Gasteiger partial charge in [0.1, 0.15) is 6.04 Å². The van der Waals surface area contributed by atoms with Crippen LogP contribution in [-0.4, -0.2) is 56.0 Å². The molecule has 0 radical (unpaired) electrons. The van der Waals surface area contributed by atoms with Crippen molar-refractivity contribution in [2.45, 2.75) is 31.6 Å². The Morgan fingerprint density at radius 2 is 2.05 bits per heavy atom. The number of ether oxygens (including phenoxy) is 1. The number of carbonyl (C=O) groups is 2. The topological polar surface area (TPSA) is 89.5 Å². The van der Waals surface area contributed by atoms with Crippen LogP contribution >= 0.6 is 11.8 Å². The summed E-state index contributed by atoms with van der Waals surface area (Å²) in [5.41, 5.74) is 0. The summed E-state index contributed by atoms with van der Waals surface area (Å²) in [6.07, 6.45) is 0.588. The Hall–Kier alpha value is -0.760. The zero-order chi connectivity index (χ0) is 15.3. The molecule has 0 bridgehead atoms. The lowest BCUT2D eigenvalue weighted by Gasteiger charge is -2.20. The summed E-state index contributed by atoms with van der Waals surface area (Å²) < 4.78 is 27.3. The molecule has 0 saturated carbocycles. The van der Waals surface area contributed by atoms with E-state index in [-0.39, 0.29) is 34.3 Å². The van der Waals surface area contributed by atoms with Gasteiger partial charge < -0.3 is 10.1 Å². The lowest BCUT2D eigenvalue weighted by molar-refractivity contribution is -0.146. The first kappa shape index (κ1) is 17.3. The van der Waals surface area contributed by atoms with Crippen molar-refractivity contribution >= 4 is 33.5 Å². The first-order chi connectivity index (χ1) is 9.25. The van der Waals surface area contributed by atoms with Crippen molar-refractivity contribution < 1.29 is 22.7 Å². The normalized spacial score (nSPS) is 22.5. The number of methoxy groups -OCH3 is 1. The van der Waals surface area contributed by atoms with Crippen LogP contribution in [-0.2, 0) is 24.2 Å². The standard InChI is InChI=1S/C12H21NO5S2/c1-8(2)11(12(15)18-3)13-10(14)6-19-9-4-5-20(16,17)7-9/h8-9,11H,4-7H2,1-3H3,(H,13,14). The molecule has 0 aliphatic carbocycles. The fourth-order valence-corrected chi connectivity index (χ4v) is 5.38. The summed E-state index contributed by atoms with van der Waals surface area (Å²) in [5.74, 6) is -0.326. The summed E-state index contributed by atoms with van der Waals surface area (Å²) in [6.45, 7) is 3.64. The summed E-state index contributed by atoms with van der Waals surface area (Å²) in [6, 6.07) is -0.666. The van der Waals surface area contributed by atoms with Gasteiger partial charge in [-0.2, -0.15) is 0 Å². The number of thioether (sulfide) groups is 1. The van der Waals surface area contributed by atoms with E-state index >= 15 is 0 Å². The Balaban J connectivity index is 2.41. The number of carbonyl (C=O) groups excluding carboxylic acids is 2. The van der Waals surface area contributed by atoms with Crippen LogP contribution in [0.15, 0.2) is 0 Å². The van der Waals surface area contributed by atoms with Crippen LogP contribution in [0.25, 0.3) is 0 Å². The van der Waals surface area contributed by atoms with Crippen LogP contribution in [0.1, 0.15) is 20.3 Å². The zero-order valence-electron chi connectivity index (χ0n) is 11.9. The molecule has 0 aromatic heterocycles. The summed E-state index contributed by atoms with van der Waals surface area (Å²) >= 11 is 1.32. The molecule has 0 spiro atoms. The van der Waals surface area contributed by atoms with Crippen LogP contribution < -0.4 is 5.32 Å². The molecule has 1 aliphatic rings. The monoisotopic (exact) mass is 323 g/mol. The van der Waals surface area contributed by atoms with E-state index in [1.165, 1.54) is 18.9 Å². The van der Waals surface area contributed by atoms with Crippen LogP contribution in [0.5, 0.6) is 0 Å². The Morgan fingerprint density at radius 1 is 1.40 bits per heavy atom. The highest BCUT2D eigenvalue weighted by molar-refractivity contribution is 8.02. The molecule has 2 atom stereocenters. The lowest BCUT2D eigenvalue weighted by atomic mass is 10.1. The number of sulfone groups is 1. The molecule has 116 valence electrons. The maximum atomic E-state index is 11.8. The Bertz CT molecular complexity index is 460. The molecule has 1 heterocycles. The maximum absolute atomic E-state index is 11.8. The molecular formula is C12H21NO5S2. The minimum absolute atomic E-state index is 0.0265. The van der Waals surface area contributed by atoms with Gasteiger partial charge in [-0.25, -0.2) is 13.2 Å². The molecule has 1 aliphatic heterocycles. The van der Waals surface area contributed by atoms with E-state index in [0.29, 0.717) is 6.42 Å². The maximum Gasteiger partial charge on any atom is 0.328 e. The van der Waals surface area contributed by atoms with Gasteiger partial charge in [0.25, 0.3) is 0 Å². The first-order valence-electron chi connectivity index (χ1n) is 6.44. The molecule has 1 rings (SSSR count). The van der Waals surface area contributed by atoms with Crippen molar-refractivity contribution in [3.05, 3.63) is 0 Å². The Morgan fingerprint density at radius 3 is 2.50 bits per heavy atom. The third-order valence-corrected chi connectivity index (χ3v) is 6.36. The number of rotatable bonds is 6. The van der Waals surface area contributed by atoms with E-state index < -0.39 is 21.8 Å². The van der Waals surface area contributed by atoms with Gasteiger partial charge in [-0.3, -0.25) is 4.79 Å². The minimum atomic E-state index is -2.92. The second-order valence-electron chi connectivity index (χ2n) is 5.15. The lowest BCUT2D eigenvalue weighted by Crippen LogP contribution is -2.45. The van der Waals surface area contributed by atoms with Gasteiger partial charge in [0.2, 0.25) is 5.91 Å². The molecule has 0 aromatic carbocycles. The number of amides is 1. The van der Waals surface area contributed by atoms with Gasteiger partial charge in [-0.05, 0) is 12.3 Å². The van der Waals surface area contributed by atoms with E-state index in [0.717, 1.165) is 0 Å². The minimum Gasteiger partial charge on any atom is -0.467 e. The van der Waals surface area contributed by atoms with E-state index in [2.05, 4.69) is 10.1 Å². The molecule has 1 N–H and O–H groups in total. The van der Waals surface area contributed by atoms with E-state index in [1.54, 1.807) is 0 Å². The van der Waals surface area contributed by atoms with Crippen molar-refractivity contribution in [1.29, 1.82) is 0 Å². The average molecular weight is 323 g/mol. The number of nitrogens with one attached hydrogen (secondary N) is 1. The molecule has 1 saturated heterocycles. The highest BCUT2D eigenvalue weighted by atomic mass is 32.2. The van der Waals surface area contributed by atoms with E-state index in [1.807, 2.05) is 13.8 Å². The number of hydrogen-bond acceptors (Lipinski definition) is 6. The van der Waals surface area contributed by atoms with Gasteiger partial charge in [0.05, 0.1) is 24.4 Å². The molecule has 1 amide bonds. The molecule has 6 nitrogen and oxygen atoms in total. The van der Waals surface area contributed by atoms with Crippen molar-refractivity contribution in [3.8, 4) is 0 Å². The van der Waals surface area contributed by atoms with Gasteiger partial charge in [0, 0.05) is 5.25 Å².